The standard InChI is InChI=1S/C10H8S.C7H7N2O/c11-10-7-3-5-8-4-1-2-6-9(8)10;1-10-7-4-2-6(9-8)3-5-7/h1-7,11H;2-5H,1H3/q;+1. The first kappa shape index (κ1) is 14.9. The van der Waals surface area contributed by atoms with Crippen molar-refractivity contribution in [3.05, 3.63) is 71.7 Å². The minimum absolute atomic E-state index is 0.529. The molecule has 21 heavy (non-hydrogen) atoms. The molecule has 0 radical (unpaired) electrons. The fourth-order valence-corrected chi connectivity index (χ4v) is 2.15. The molecule has 0 aliphatic rings. The number of fused-ring (bicyclic) bond motifs is 1. The van der Waals surface area contributed by atoms with Crippen LogP contribution in [-0.2, 0) is 0 Å². The summed E-state index contributed by atoms with van der Waals surface area (Å²) in [6.45, 7) is 0. The molecule has 3 aromatic carbocycles. The van der Waals surface area contributed by atoms with E-state index in [2.05, 4.69) is 35.8 Å². The van der Waals surface area contributed by atoms with Crippen LogP contribution in [0.1, 0.15) is 0 Å². The molecule has 3 nitrogen and oxygen atoms in total. The molecule has 0 amide bonds. The lowest BCUT2D eigenvalue weighted by Gasteiger charge is -1.98. The highest BCUT2D eigenvalue weighted by molar-refractivity contribution is 7.80. The summed E-state index contributed by atoms with van der Waals surface area (Å²) in [5.74, 6) is 0.757. The van der Waals surface area contributed by atoms with Crippen molar-refractivity contribution >= 4 is 29.1 Å². The molecule has 0 heterocycles. The molecule has 0 atom stereocenters. The van der Waals surface area contributed by atoms with E-state index in [4.69, 9.17) is 10.1 Å². The Balaban J connectivity index is 0.000000155. The molecule has 0 saturated carbocycles. The number of ether oxygens (including phenoxy) is 1. The summed E-state index contributed by atoms with van der Waals surface area (Å²) in [5, 5.41) is 10.8. The van der Waals surface area contributed by atoms with Gasteiger partial charge in [-0.15, -0.1) is 12.6 Å². The smallest absolute Gasteiger partial charge is 0.385 e. The fraction of sp³-hybridized carbons (Fsp3) is 0.0588. The highest BCUT2D eigenvalue weighted by atomic mass is 32.1. The predicted molar refractivity (Wildman–Crippen MR) is 88.9 cm³/mol. The van der Waals surface area contributed by atoms with Crippen molar-refractivity contribution in [1.29, 1.82) is 5.39 Å². The van der Waals surface area contributed by atoms with E-state index in [0.717, 1.165) is 10.6 Å². The van der Waals surface area contributed by atoms with Gasteiger partial charge in [-0.1, -0.05) is 36.4 Å². The number of diazo groups is 1. The lowest BCUT2D eigenvalue weighted by Crippen LogP contribution is -1.79. The van der Waals surface area contributed by atoms with Crippen molar-refractivity contribution in [3.8, 4) is 5.75 Å². The van der Waals surface area contributed by atoms with Crippen molar-refractivity contribution in [2.75, 3.05) is 7.11 Å². The van der Waals surface area contributed by atoms with Crippen LogP contribution in [0, 0.1) is 5.39 Å². The van der Waals surface area contributed by atoms with Gasteiger partial charge in [0.2, 0.25) is 5.39 Å². The molecule has 0 aliphatic carbocycles. The van der Waals surface area contributed by atoms with Gasteiger partial charge in [-0.3, -0.25) is 0 Å². The van der Waals surface area contributed by atoms with E-state index in [1.165, 1.54) is 10.8 Å². The monoisotopic (exact) mass is 295 g/mol. The Kier molecular flexibility index (Phi) is 5.19. The summed E-state index contributed by atoms with van der Waals surface area (Å²) >= 11 is 4.35. The molecule has 0 fully saturated rings. The van der Waals surface area contributed by atoms with E-state index in [0.29, 0.717) is 5.69 Å². The highest BCUT2D eigenvalue weighted by Gasteiger charge is 2.01. The molecule has 0 unspecified atom stereocenters. The van der Waals surface area contributed by atoms with E-state index in [9.17, 15) is 0 Å². The Morgan fingerprint density at radius 2 is 1.57 bits per heavy atom. The van der Waals surface area contributed by atoms with Crippen LogP contribution >= 0.6 is 12.6 Å². The van der Waals surface area contributed by atoms with Gasteiger partial charge >= 0.3 is 5.69 Å². The van der Waals surface area contributed by atoms with Crippen molar-refractivity contribution in [1.82, 2.24) is 0 Å². The first-order valence-corrected chi connectivity index (χ1v) is 6.85. The quantitative estimate of drug-likeness (QED) is 0.488. The third-order valence-electron chi connectivity index (χ3n) is 2.95. The topological polar surface area (TPSA) is 37.4 Å². The zero-order valence-corrected chi connectivity index (χ0v) is 12.5. The maximum Gasteiger partial charge on any atom is 0.385 e. The molecule has 0 aliphatic heterocycles. The van der Waals surface area contributed by atoms with Gasteiger partial charge in [0, 0.05) is 17.0 Å². The Bertz CT molecular complexity index is 758. The number of benzene rings is 3. The van der Waals surface area contributed by atoms with Crippen LogP contribution in [0.25, 0.3) is 15.7 Å². The van der Waals surface area contributed by atoms with Crippen LogP contribution in [0.15, 0.2) is 71.6 Å². The summed E-state index contributed by atoms with van der Waals surface area (Å²) in [7, 11) is 1.59. The molecule has 3 aromatic rings. The fourth-order valence-electron chi connectivity index (χ4n) is 1.86. The Morgan fingerprint density at radius 1 is 0.905 bits per heavy atom. The number of hydrogen-bond acceptors (Lipinski definition) is 3. The summed E-state index contributed by atoms with van der Waals surface area (Å²) < 4.78 is 4.89. The first-order valence-electron chi connectivity index (χ1n) is 6.40. The zero-order valence-electron chi connectivity index (χ0n) is 11.6. The van der Waals surface area contributed by atoms with Crippen LogP contribution in [0.4, 0.5) is 5.69 Å². The Labute approximate surface area is 129 Å². The van der Waals surface area contributed by atoms with Crippen LogP contribution in [-0.4, -0.2) is 7.11 Å². The average Bonchev–Trinajstić information content (AvgIpc) is 2.56. The molecular formula is C17H15N2OS+. The van der Waals surface area contributed by atoms with Crippen LogP contribution in [0.3, 0.4) is 0 Å². The van der Waals surface area contributed by atoms with E-state index in [-0.39, 0.29) is 0 Å². The van der Waals surface area contributed by atoms with Gasteiger partial charge in [0.15, 0.2) is 4.98 Å². The third kappa shape index (κ3) is 3.98. The second-order valence-electron chi connectivity index (χ2n) is 4.30. The van der Waals surface area contributed by atoms with Crippen molar-refractivity contribution < 1.29 is 4.74 Å². The van der Waals surface area contributed by atoms with Gasteiger partial charge in [0.05, 0.1) is 7.11 Å². The molecule has 0 N–H and O–H groups in total. The van der Waals surface area contributed by atoms with Crippen molar-refractivity contribution in [2.24, 2.45) is 0 Å². The van der Waals surface area contributed by atoms with Gasteiger partial charge in [-0.2, -0.15) is 0 Å². The minimum Gasteiger partial charge on any atom is -0.497 e. The second kappa shape index (κ2) is 7.32. The second-order valence-corrected chi connectivity index (χ2v) is 4.78. The zero-order chi connectivity index (χ0) is 15.1. The molecule has 0 bridgehead atoms. The number of nitrogens with zero attached hydrogens (tertiary/aromatic N) is 2. The largest absolute Gasteiger partial charge is 0.497 e. The lowest BCUT2D eigenvalue weighted by molar-refractivity contribution is 0.415. The number of thiol groups is 1. The SMILES string of the molecule is COc1ccc([N+]#N)cc1.Sc1cccc2ccccc12. The molecule has 0 saturated heterocycles. The van der Waals surface area contributed by atoms with Gasteiger partial charge in [0.1, 0.15) is 5.75 Å². The Morgan fingerprint density at radius 3 is 2.19 bits per heavy atom. The highest BCUT2D eigenvalue weighted by Crippen LogP contribution is 2.20. The summed E-state index contributed by atoms with van der Waals surface area (Å²) in [6.07, 6.45) is 0. The van der Waals surface area contributed by atoms with E-state index in [1.807, 2.05) is 24.3 Å². The number of methoxy groups -OCH3 is 1. The first-order chi connectivity index (χ1) is 10.2. The lowest BCUT2D eigenvalue weighted by atomic mass is 10.1. The predicted octanol–water partition coefficient (Wildman–Crippen LogP) is 5.31. The van der Waals surface area contributed by atoms with Gasteiger partial charge < -0.3 is 4.74 Å². The summed E-state index contributed by atoms with van der Waals surface area (Å²) in [4.78, 5) is 4.03. The van der Waals surface area contributed by atoms with Gasteiger partial charge in [-0.25, -0.2) is 0 Å². The summed E-state index contributed by atoms with van der Waals surface area (Å²) in [5.41, 5.74) is 0.529. The molecular weight excluding hydrogens is 280 g/mol. The molecule has 0 aromatic heterocycles. The van der Waals surface area contributed by atoms with Gasteiger partial charge in [-0.05, 0) is 29.0 Å². The van der Waals surface area contributed by atoms with Gasteiger partial charge in [0.25, 0.3) is 0 Å². The number of hydrogen-bond donors (Lipinski definition) is 1. The number of rotatable bonds is 1. The van der Waals surface area contributed by atoms with Crippen LogP contribution in [0.5, 0.6) is 5.75 Å². The normalized spacial score (nSPS) is 9.38. The maximum atomic E-state index is 8.29. The molecule has 4 heteroatoms. The van der Waals surface area contributed by atoms with E-state index >= 15 is 0 Å². The van der Waals surface area contributed by atoms with E-state index in [1.54, 1.807) is 31.4 Å². The molecule has 104 valence electrons. The van der Waals surface area contributed by atoms with Crippen LogP contribution in [0.2, 0.25) is 0 Å². The minimum atomic E-state index is 0.529. The molecule has 3 rings (SSSR count). The third-order valence-corrected chi connectivity index (χ3v) is 3.34. The van der Waals surface area contributed by atoms with Crippen molar-refractivity contribution in [2.45, 2.75) is 4.90 Å². The molecule has 0 spiro atoms. The van der Waals surface area contributed by atoms with Crippen molar-refractivity contribution in [3.63, 3.8) is 0 Å². The summed E-state index contributed by atoms with van der Waals surface area (Å²) in [6, 6.07) is 21.2. The maximum absolute atomic E-state index is 8.29. The Hall–Kier alpha value is -2.51. The van der Waals surface area contributed by atoms with Crippen LogP contribution < -0.4 is 4.74 Å². The average molecular weight is 295 g/mol. The van der Waals surface area contributed by atoms with E-state index < -0.39 is 0 Å².